The van der Waals surface area contributed by atoms with Gasteiger partial charge < -0.3 is 9.84 Å². The lowest BCUT2D eigenvalue weighted by atomic mass is 10.2. The number of aliphatic hydroxyl groups is 1. The molecule has 0 aromatic carbocycles. The lowest BCUT2D eigenvalue weighted by Crippen LogP contribution is -2.19. The maximum absolute atomic E-state index is 11.6. The lowest BCUT2D eigenvalue weighted by Gasteiger charge is -2.03. The SMILES string of the molecule is CCOC(=O)C(C=NNC(=O)c1ccncc1)=C(C)O. The molecule has 0 aliphatic rings. The molecule has 0 saturated heterocycles. The number of amides is 1. The second kappa shape index (κ2) is 7.67. The molecule has 1 aromatic heterocycles. The average Bonchev–Trinajstić information content (AvgIpc) is 2.44. The first kappa shape index (κ1) is 15.4. The number of allylic oxidation sites excluding steroid dienone is 1. The van der Waals surface area contributed by atoms with Gasteiger partial charge in [0, 0.05) is 18.0 Å². The number of hydrogen-bond acceptors (Lipinski definition) is 6. The first-order valence-electron chi connectivity index (χ1n) is 5.86. The van der Waals surface area contributed by atoms with E-state index in [2.05, 4.69) is 15.5 Å². The van der Waals surface area contributed by atoms with Gasteiger partial charge in [0.25, 0.3) is 5.91 Å². The summed E-state index contributed by atoms with van der Waals surface area (Å²) in [5.41, 5.74) is 2.48. The third-order valence-corrected chi connectivity index (χ3v) is 2.19. The van der Waals surface area contributed by atoms with Crippen molar-refractivity contribution in [2.75, 3.05) is 6.61 Å². The Morgan fingerprint density at radius 3 is 2.65 bits per heavy atom. The molecule has 20 heavy (non-hydrogen) atoms. The van der Waals surface area contributed by atoms with Crippen LogP contribution in [0.3, 0.4) is 0 Å². The Kier molecular flexibility index (Phi) is 5.89. The summed E-state index contributed by atoms with van der Waals surface area (Å²) in [4.78, 5) is 26.9. The van der Waals surface area contributed by atoms with Crippen LogP contribution in [0.1, 0.15) is 24.2 Å². The molecule has 1 amide bonds. The predicted molar refractivity (Wildman–Crippen MR) is 72.2 cm³/mol. The van der Waals surface area contributed by atoms with Crippen molar-refractivity contribution in [3.63, 3.8) is 0 Å². The molecule has 1 heterocycles. The van der Waals surface area contributed by atoms with Gasteiger partial charge in [-0.1, -0.05) is 0 Å². The zero-order chi connectivity index (χ0) is 15.0. The van der Waals surface area contributed by atoms with Crippen molar-refractivity contribution in [2.45, 2.75) is 13.8 Å². The zero-order valence-electron chi connectivity index (χ0n) is 11.2. The van der Waals surface area contributed by atoms with Crippen LogP contribution in [0.2, 0.25) is 0 Å². The minimum absolute atomic E-state index is 0.123. The molecule has 0 fully saturated rings. The maximum atomic E-state index is 11.6. The Balaban J connectivity index is 2.69. The standard InChI is InChI=1S/C13H15N3O4/c1-3-20-13(19)11(9(2)17)8-15-16-12(18)10-4-6-14-7-5-10/h4-8,17H,3H2,1-2H3,(H,16,18). The number of hydrazone groups is 1. The molecule has 0 aliphatic heterocycles. The van der Waals surface area contributed by atoms with Gasteiger partial charge in [-0.15, -0.1) is 0 Å². The fraction of sp³-hybridized carbons (Fsp3) is 0.231. The number of esters is 1. The van der Waals surface area contributed by atoms with E-state index in [0.29, 0.717) is 5.56 Å². The Bertz CT molecular complexity index is 534. The van der Waals surface area contributed by atoms with Gasteiger partial charge in [0.15, 0.2) is 0 Å². The first-order valence-corrected chi connectivity index (χ1v) is 5.86. The summed E-state index contributed by atoms with van der Waals surface area (Å²) in [5, 5.41) is 13.0. The second-order valence-corrected chi connectivity index (χ2v) is 3.65. The first-order chi connectivity index (χ1) is 9.56. The van der Waals surface area contributed by atoms with E-state index in [-0.39, 0.29) is 17.9 Å². The Morgan fingerprint density at radius 2 is 2.10 bits per heavy atom. The molecule has 0 bridgehead atoms. The number of ether oxygens (including phenoxy) is 1. The van der Waals surface area contributed by atoms with E-state index in [4.69, 9.17) is 4.74 Å². The summed E-state index contributed by atoms with van der Waals surface area (Å²) in [6.45, 7) is 3.14. The van der Waals surface area contributed by atoms with Gasteiger partial charge in [-0.25, -0.2) is 10.2 Å². The summed E-state index contributed by atoms with van der Waals surface area (Å²) in [6.07, 6.45) is 3.98. The number of pyridine rings is 1. The van der Waals surface area contributed by atoms with Crippen molar-refractivity contribution in [1.29, 1.82) is 0 Å². The van der Waals surface area contributed by atoms with Crippen molar-refractivity contribution in [1.82, 2.24) is 10.4 Å². The minimum atomic E-state index is -0.714. The van der Waals surface area contributed by atoms with Gasteiger partial charge in [-0.2, -0.15) is 5.10 Å². The van der Waals surface area contributed by atoms with Gasteiger partial charge in [0.2, 0.25) is 0 Å². The molecule has 0 atom stereocenters. The van der Waals surface area contributed by atoms with E-state index in [1.54, 1.807) is 6.92 Å². The summed E-state index contributed by atoms with van der Waals surface area (Å²) in [6, 6.07) is 3.04. The monoisotopic (exact) mass is 277 g/mol. The van der Waals surface area contributed by atoms with E-state index >= 15 is 0 Å². The fourth-order valence-electron chi connectivity index (χ4n) is 1.23. The number of nitrogens with zero attached hydrogens (tertiary/aromatic N) is 2. The van der Waals surface area contributed by atoms with Crippen LogP contribution in [0, 0.1) is 0 Å². The molecule has 7 heteroatoms. The van der Waals surface area contributed by atoms with Crippen LogP contribution in [-0.2, 0) is 9.53 Å². The van der Waals surface area contributed by atoms with Crippen LogP contribution >= 0.6 is 0 Å². The quantitative estimate of drug-likeness (QED) is 0.277. The van der Waals surface area contributed by atoms with Crippen molar-refractivity contribution in [3.05, 3.63) is 41.4 Å². The Hall–Kier alpha value is -2.70. The molecule has 106 valence electrons. The summed E-state index contributed by atoms with van der Waals surface area (Å²) >= 11 is 0. The molecule has 1 rings (SSSR count). The van der Waals surface area contributed by atoms with Crippen molar-refractivity contribution >= 4 is 18.1 Å². The number of nitrogens with one attached hydrogen (secondary N) is 1. The second-order valence-electron chi connectivity index (χ2n) is 3.65. The molecule has 0 saturated carbocycles. The number of aromatic nitrogens is 1. The molecule has 1 aromatic rings. The highest BCUT2D eigenvalue weighted by Crippen LogP contribution is 2.01. The zero-order valence-corrected chi connectivity index (χ0v) is 11.2. The number of aliphatic hydroxyl groups excluding tert-OH is 1. The van der Waals surface area contributed by atoms with E-state index in [0.717, 1.165) is 6.21 Å². The van der Waals surface area contributed by atoms with E-state index in [1.165, 1.54) is 31.5 Å². The summed E-state index contributed by atoms with van der Waals surface area (Å²) in [5.74, 6) is -1.41. The van der Waals surface area contributed by atoms with Crippen LogP contribution < -0.4 is 5.43 Å². The predicted octanol–water partition coefficient (Wildman–Crippen LogP) is 1.19. The molecule has 2 N–H and O–H groups in total. The van der Waals surface area contributed by atoms with Gasteiger partial charge in [-0.3, -0.25) is 9.78 Å². The fourth-order valence-corrected chi connectivity index (χ4v) is 1.23. The number of rotatable bonds is 5. The molecule has 0 radical (unpaired) electrons. The molecular formula is C13H15N3O4. The molecule has 0 unspecified atom stereocenters. The highest BCUT2D eigenvalue weighted by Gasteiger charge is 2.12. The van der Waals surface area contributed by atoms with Crippen molar-refractivity contribution in [3.8, 4) is 0 Å². The Morgan fingerprint density at radius 1 is 1.45 bits per heavy atom. The van der Waals surface area contributed by atoms with Gasteiger partial charge in [0.05, 0.1) is 12.8 Å². The summed E-state index contributed by atoms with van der Waals surface area (Å²) < 4.78 is 4.74. The van der Waals surface area contributed by atoms with Crippen molar-refractivity contribution in [2.24, 2.45) is 5.10 Å². The molecule has 0 aliphatic carbocycles. The highest BCUT2D eigenvalue weighted by atomic mass is 16.5. The van der Waals surface area contributed by atoms with Crippen LogP contribution in [-0.4, -0.2) is 34.8 Å². The van der Waals surface area contributed by atoms with Crippen LogP contribution in [0.15, 0.2) is 41.0 Å². The van der Waals surface area contributed by atoms with Gasteiger partial charge in [-0.05, 0) is 26.0 Å². The lowest BCUT2D eigenvalue weighted by molar-refractivity contribution is -0.138. The van der Waals surface area contributed by atoms with E-state index in [1.807, 2.05) is 0 Å². The van der Waals surface area contributed by atoms with Crippen molar-refractivity contribution < 1.29 is 19.4 Å². The Labute approximate surface area is 116 Å². The third kappa shape index (κ3) is 4.52. The minimum Gasteiger partial charge on any atom is -0.512 e. The van der Waals surface area contributed by atoms with E-state index in [9.17, 15) is 14.7 Å². The number of carbonyl (C=O) groups is 2. The van der Waals surface area contributed by atoms with Crippen LogP contribution in [0.4, 0.5) is 0 Å². The number of carbonyl (C=O) groups excluding carboxylic acids is 2. The normalized spacial score (nSPS) is 11.9. The molecule has 0 spiro atoms. The summed E-state index contributed by atoms with van der Waals surface area (Å²) in [7, 11) is 0. The van der Waals surface area contributed by atoms with Gasteiger partial charge >= 0.3 is 5.97 Å². The van der Waals surface area contributed by atoms with E-state index < -0.39 is 11.9 Å². The smallest absolute Gasteiger partial charge is 0.343 e. The maximum Gasteiger partial charge on any atom is 0.343 e. The average molecular weight is 277 g/mol. The third-order valence-electron chi connectivity index (χ3n) is 2.19. The highest BCUT2D eigenvalue weighted by molar-refractivity contribution is 6.10. The molecule has 7 nitrogen and oxygen atoms in total. The number of hydrogen-bond donors (Lipinski definition) is 2. The topological polar surface area (TPSA) is 101 Å². The molecular weight excluding hydrogens is 262 g/mol. The van der Waals surface area contributed by atoms with Gasteiger partial charge in [0.1, 0.15) is 11.3 Å². The largest absolute Gasteiger partial charge is 0.512 e. The van der Waals surface area contributed by atoms with Crippen LogP contribution in [0.25, 0.3) is 0 Å². The van der Waals surface area contributed by atoms with Crippen LogP contribution in [0.5, 0.6) is 0 Å².